The Morgan fingerprint density at radius 3 is 2.58 bits per heavy atom. The number of aromatic nitrogens is 2. The molecule has 9 heteroatoms. The van der Waals surface area contributed by atoms with Gasteiger partial charge in [-0.1, -0.05) is 19.7 Å². The molecule has 0 aliphatic rings. The maximum atomic E-state index is 12.7. The van der Waals surface area contributed by atoms with Gasteiger partial charge in [0.05, 0.1) is 17.0 Å². The molecule has 2 aromatic heterocycles. The van der Waals surface area contributed by atoms with Crippen molar-refractivity contribution in [2.45, 2.75) is 19.6 Å². The molecule has 33 heavy (non-hydrogen) atoms. The lowest BCUT2D eigenvalue weighted by molar-refractivity contribution is -0.137. The number of pyridine rings is 2. The molecule has 0 amide bonds. The summed E-state index contributed by atoms with van der Waals surface area (Å²) < 4.78 is 43.5. The highest BCUT2D eigenvalue weighted by atomic mass is 19.4. The lowest BCUT2D eigenvalue weighted by Gasteiger charge is -2.12. The highest BCUT2D eigenvalue weighted by Crippen LogP contribution is 2.29. The van der Waals surface area contributed by atoms with Crippen molar-refractivity contribution < 1.29 is 17.9 Å². The van der Waals surface area contributed by atoms with Crippen LogP contribution in [0.3, 0.4) is 0 Å². The molecule has 0 saturated carbocycles. The number of aliphatic imine (C=N–C) groups is 1. The Morgan fingerprint density at radius 1 is 1.24 bits per heavy atom. The first-order chi connectivity index (χ1) is 15.7. The predicted molar refractivity (Wildman–Crippen MR) is 124 cm³/mol. The number of alkyl halides is 3. The summed E-state index contributed by atoms with van der Waals surface area (Å²) in [4.78, 5) is 12.4. The number of nitrogens with zero attached hydrogens (tertiary/aromatic N) is 3. The maximum Gasteiger partial charge on any atom is 0.417 e. The van der Waals surface area contributed by atoms with E-state index in [1.165, 1.54) is 6.08 Å². The molecule has 0 aromatic carbocycles. The first-order valence-electron chi connectivity index (χ1n) is 9.74. The zero-order valence-electron chi connectivity index (χ0n) is 18.1. The summed E-state index contributed by atoms with van der Waals surface area (Å²) in [7, 11) is 0. The molecule has 0 unspecified atom stereocenters. The van der Waals surface area contributed by atoms with Crippen molar-refractivity contribution in [3.05, 3.63) is 96.6 Å². The van der Waals surface area contributed by atoms with E-state index in [0.717, 1.165) is 23.9 Å². The molecule has 0 fully saturated rings. The smallest absolute Gasteiger partial charge is 0.417 e. The molecule has 0 aliphatic carbocycles. The van der Waals surface area contributed by atoms with Crippen LogP contribution in [0.5, 0.6) is 5.88 Å². The summed E-state index contributed by atoms with van der Waals surface area (Å²) >= 11 is 0. The molecule has 0 spiro atoms. The topological polar surface area (TPSA) is 83.2 Å². The van der Waals surface area contributed by atoms with Gasteiger partial charge < -0.3 is 15.5 Å². The summed E-state index contributed by atoms with van der Waals surface area (Å²) in [5.41, 5.74) is 2.63. The summed E-state index contributed by atoms with van der Waals surface area (Å²) in [6, 6.07) is 3.92. The lowest BCUT2D eigenvalue weighted by atomic mass is 10.1. The van der Waals surface area contributed by atoms with E-state index in [1.54, 1.807) is 25.5 Å². The van der Waals surface area contributed by atoms with Gasteiger partial charge in [-0.2, -0.15) is 13.2 Å². The first-order valence-corrected chi connectivity index (χ1v) is 9.74. The van der Waals surface area contributed by atoms with Crippen LogP contribution in [0.15, 0.2) is 84.9 Å². The van der Waals surface area contributed by atoms with Crippen molar-refractivity contribution in [1.29, 1.82) is 5.41 Å². The third kappa shape index (κ3) is 7.27. The Kier molecular flexibility index (Phi) is 8.85. The van der Waals surface area contributed by atoms with Crippen LogP contribution in [0.2, 0.25) is 0 Å². The molecule has 172 valence electrons. The quantitative estimate of drug-likeness (QED) is 0.446. The van der Waals surface area contributed by atoms with Crippen LogP contribution in [0, 0.1) is 5.41 Å². The SMILES string of the molecule is C=CNCc1cncc(C(=C)N=C(C=C)/C(C=N)=C(/C)COc2ccc(C(F)(F)F)cn2)c1. The van der Waals surface area contributed by atoms with Gasteiger partial charge in [0, 0.05) is 48.6 Å². The molecule has 0 radical (unpaired) electrons. The highest BCUT2D eigenvalue weighted by Gasteiger charge is 2.30. The number of hydrogen-bond acceptors (Lipinski definition) is 6. The standard InChI is InChI=1S/C24H24F3N5O/c1-5-22(32-17(4)19-9-18(11-29-6-2)12-30-13-19)21(10-28)16(3)15-33-23-8-7-20(14-31-23)24(25,26)27/h5-10,12-14,28-29H,1-2,4,11,15H2,3H3/b21-16-,28-10?,32-22?. The maximum absolute atomic E-state index is 12.7. The summed E-state index contributed by atoms with van der Waals surface area (Å²) in [5, 5.41) is 10.8. The monoisotopic (exact) mass is 455 g/mol. The molecule has 0 saturated heterocycles. The predicted octanol–water partition coefficient (Wildman–Crippen LogP) is 5.37. The zero-order valence-corrected chi connectivity index (χ0v) is 18.1. The van der Waals surface area contributed by atoms with E-state index in [-0.39, 0.29) is 12.5 Å². The molecule has 2 N–H and O–H groups in total. The highest BCUT2D eigenvalue weighted by molar-refractivity contribution is 6.22. The van der Waals surface area contributed by atoms with E-state index >= 15 is 0 Å². The van der Waals surface area contributed by atoms with Gasteiger partial charge in [-0.25, -0.2) is 9.98 Å². The number of rotatable bonds is 11. The lowest BCUT2D eigenvalue weighted by Crippen LogP contribution is -2.10. The second kappa shape index (κ2) is 11.6. The van der Waals surface area contributed by atoms with E-state index in [0.29, 0.717) is 40.9 Å². The molecule has 2 aromatic rings. The van der Waals surface area contributed by atoms with Gasteiger partial charge in [-0.15, -0.1) is 0 Å². The number of ether oxygens (including phenoxy) is 1. The third-order valence-electron chi connectivity index (χ3n) is 4.41. The van der Waals surface area contributed by atoms with Crippen LogP contribution in [0.25, 0.3) is 5.70 Å². The summed E-state index contributed by atoms with van der Waals surface area (Å²) in [6.45, 7) is 13.6. The second-order valence-electron chi connectivity index (χ2n) is 6.82. The number of halogens is 3. The second-order valence-corrected chi connectivity index (χ2v) is 6.82. The van der Waals surface area contributed by atoms with E-state index in [4.69, 9.17) is 10.1 Å². The van der Waals surface area contributed by atoms with Crippen LogP contribution in [0.1, 0.15) is 23.6 Å². The van der Waals surface area contributed by atoms with Gasteiger partial charge in [-0.3, -0.25) is 4.98 Å². The van der Waals surface area contributed by atoms with Gasteiger partial charge in [0.25, 0.3) is 0 Å². The average Bonchev–Trinajstić information content (AvgIpc) is 2.80. The van der Waals surface area contributed by atoms with Crippen molar-refractivity contribution >= 4 is 17.6 Å². The largest absolute Gasteiger partial charge is 0.473 e. The Morgan fingerprint density at radius 2 is 2.00 bits per heavy atom. The Balaban J connectivity index is 2.20. The molecular weight excluding hydrogens is 431 g/mol. The fourth-order valence-corrected chi connectivity index (χ4v) is 2.67. The Bertz CT molecular complexity index is 1090. The minimum Gasteiger partial charge on any atom is -0.473 e. The Labute approximate surface area is 190 Å². The molecule has 0 bridgehead atoms. The van der Waals surface area contributed by atoms with Gasteiger partial charge in [0.2, 0.25) is 5.88 Å². The third-order valence-corrected chi connectivity index (χ3v) is 4.41. The minimum atomic E-state index is -4.47. The summed E-state index contributed by atoms with van der Waals surface area (Å²) in [6.07, 6.45) is 3.76. The van der Waals surface area contributed by atoms with Crippen LogP contribution in [-0.4, -0.2) is 28.5 Å². The number of nitrogens with one attached hydrogen (secondary N) is 2. The van der Waals surface area contributed by atoms with Gasteiger partial charge in [-0.05, 0) is 42.5 Å². The van der Waals surface area contributed by atoms with Crippen LogP contribution < -0.4 is 10.1 Å². The van der Waals surface area contributed by atoms with Gasteiger partial charge in [0.1, 0.15) is 6.61 Å². The first kappa shape index (κ1) is 25.3. The van der Waals surface area contributed by atoms with Gasteiger partial charge >= 0.3 is 6.18 Å². The minimum absolute atomic E-state index is 0.00726. The fourth-order valence-electron chi connectivity index (χ4n) is 2.67. The van der Waals surface area contributed by atoms with E-state index < -0.39 is 11.7 Å². The normalized spacial score (nSPS) is 12.4. The number of hydrogen-bond donors (Lipinski definition) is 2. The van der Waals surface area contributed by atoms with Crippen molar-refractivity contribution in [3.63, 3.8) is 0 Å². The Hall–Kier alpha value is -4.01. The average molecular weight is 455 g/mol. The van der Waals surface area contributed by atoms with E-state index in [1.807, 2.05) is 6.07 Å². The van der Waals surface area contributed by atoms with Gasteiger partial charge in [0.15, 0.2) is 0 Å². The van der Waals surface area contributed by atoms with Crippen molar-refractivity contribution in [3.8, 4) is 5.88 Å². The van der Waals surface area contributed by atoms with Crippen molar-refractivity contribution in [2.75, 3.05) is 6.61 Å². The molecular formula is C24H24F3N5O. The van der Waals surface area contributed by atoms with Crippen molar-refractivity contribution in [1.82, 2.24) is 15.3 Å². The van der Waals surface area contributed by atoms with Crippen LogP contribution in [0.4, 0.5) is 13.2 Å². The molecule has 2 heterocycles. The van der Waals surface area contributed by atoms with Crippen LogP contribution in [-0.2, 0) is 12.7 Å². The molecule has 0 atom stereocenters. The van der Waals surface area contributed by atoms with E-state index in [9.17, 15) is 13.2 Å². The zero-order chi connectivity index (χ0) is 24.4. The van der Waals surface area contributed by atoms with Crippen LogP contribution >= 0.6 is 0 Å². The number of allylic oxidation sites excluding steroid dienone is 2. The fraction of sp³-hybridized carbons (Fsp3) is 0.167. The molecule has 6 nitrogen and oxygen atoms in total. The summed E-state index contributed by atoms with van der Waals surface area (Å²) in [5.74, 6) is 0.0317. The molecule has 0 aliphatic heterocycles. The molecule has 2 rings (SSSR count). The van der Waals surface area contributed by atoms with Crippen molar-refractivity contribution in [2.24, 2.45) is 4.99 Å². The van der Waals surface area contributed by atoms with E-state index in [2.05, 4.69) is 40.0 Å².